The minimum atomic E-state index is 0.496. The van der Waals surface area contributed by atoms with Crippen LogP contribution in [-0.2, 0) is 12.8 Å². The summed E-state index contributed by atoms with van der Waals surface area (Å²) >= 11 is 0. The largest absolute Gasteiger partial charge is 0.353 e. The molecule has 88 valence electrons. The van der Waals surface area contributed by atoms with Crippen molar-refractivity contribution in [2.45, 2.75) is 32.2 Å². The number of anilines is 1. The van der Waals surface area contributed by atoms with E-state index in [2.05, 4.69) is 39.6 Å². The van der Waals surface area contributed by atoms with Gasteiger partial charge in [0.05, 0.1) is 0 Å². The molecule has 0 bridgehead atoms. The van der Waals surface area contributed by atoms with Crippen molar-refractivity contribution in [3.63, 3.8) is 0 Å². The van der Waals surface area contributed by atoms with Gasteiger partial charge in [-0.15, -0.1) is 0 Å². The molecule has 0 radical (unpaired) electrons. The average Bonchev–Trinajstić information content (AvgIpc) is 2.75. The van der Waals surface area contributed by atoms with Crippen LogP contribution in [0.5, 0.6) is 0 Å². The van der Waals surface area contributed by atoms with Crippen molar-refractivity contribution >= 4 is 5.95 Å². The molecule has 0 fully saturated rings. The molecule has 1 unspecified atom stereocenters. The summed E-state index contributed by atoms with van der Waals surface area (Å²) in [5.74, 6) is 0.895. The van der Waals surface area contributed by atoms with Crippen molar-refractivity contribution in [3.05, 3.63) is 47.3 Å². The van der Waals surface area contributed by atoms with E-state index in [0.717, 1.165) is 24.5 Å². The van der Waals surface area contributed by atoms with E-state index in [9.17, 15) is 0 Å². The molecule has 1 aliphatic rings. The number of H-pyrrole nitrogens is 1. The number of fused-ring (bicyclic) bond motifs is 1. The highest BCUT2D eigenvalue weighted by molar-refractivity contribution is 5.34. The minimum Gasteiger partial charge on any atom is -0.353 e. The van der Waals surface area contributed by atoms with Crippen LogP contribution in [-0.4, -0.2) is 16.0 Å². The second-order valence-electron chi connectivity index (χ2n) is 4.77. The molecule has 17 heavy (non-hydrogen) atoms. The minimum absolute atomic E-state index is 0.496. The van der Waals surface area contributed by atoms with Crippen molar-refractivity contribution in [1.82, 2.24) is 9.97 Å². The van der Waals surface area contributed by atoms with Crippen LogP contribution in [0.1, 0.15) is 23.2 Å². The number of aromatic amines is 1. The monoisotopic (exact) mass is 227 g/mol. The molecule has 3 rings (SSSR count). The maximum absolute atomic E-state index is 4.30. The van der Waals surface area contributed by atoms with E-state index < -0.39 is 0 Å². The van der Waals surface area contributed by atoms with Crippen molar-refractivity contribution in [1.29, 1.82) is 0 Å². The molecule has 1 aromatic carbocycles. The number of aryl methyl sites for hydroxylation is 2. The van der Waals surface area contributed by atoms with Crippen molar-refractivity contribution in [3.8, 4) is 0 Å². The molecule has 1 heterocycles. The lowest BCUT2D eigenvalue weighted by Crippen LogP contribution is -2.27. The molecule has 0 amide bonds. The summed E-state index contributed by atoms with van der Waals surface area (Å²) in [5, 5.41) is 3.48. The molecule has 1 aromatic heterocycles. The molecular formula is C14H17N3. The first-order chi connectivity index (χ1) is 8.31. The lowest BCUT2D eigenvalue weighted by atomic mass is 9.88. The molecule has 0 spiro atoms. The molecule has 0 saturated heterocycles. The van der Waals surface area contributed by atoms with E-state index in [1.54, 1.807) is 0 Å². The summed E-state index contributed by atoms with van der Waals surface area (Å²) in [6.45, 7) is 2.02. The number of imidazole rings is 1. The van der Waals surface area contributed by atoms with Crippen LogP contribution in [0.15, 0.2) is 30.5 Å². The van der Waals surface area contributed by atoms with Gasteiger partial charge in [-0.1, -0.05) is 24.3 Å². The van der Waals surface area contributed by atoms with Crippen LogP contribution < -0.4 is 5.32 Å². The molecule has 3 heteroatoms. The van der Waals surface area contributed by atoms with E-state index in [-0.39, 0.29) is 0 Å². The van der Waals surface area contributed by atoms with Gasteiger partial charge in [-0.05, 0) is 37.3 Å². The summed E-state index contributed by atoms with van der Waals surface area (Å²) in [7, 11) is 0. The summed E-state index contributed by atoms with van der Waals surface area (Å²) in [4.78, 5) is 7.52. The predicted octanol–water partition coefficient (Wildman–Crippen LogP) is 2.69. The van der Waals surface area contributed by atoms with Gasteiger partial charge in [-0.2, -0.15) is 0 Å². The van der Waals surface area contributed by atoms with Gasteiger partial charge in [0, 0.05) is 17.9 Å². The van der Waals surface area contributed by atoms with Gasteiger partial charge < -0.3 is 10.3 Å². The third-order valence-corrected chi connectivity index (χ3v) is 3.39. The molecule has 0 saturated carbocycles. The van der Waals surface area contributed by atoms with Gasteiger partial charge in [0.2, 0.25) is 5.95 Å². The van der Waals surface area contributed by atoms with Gasteiger partial charge >= 0.3 is 0 Å². The zero-order valence-electron chi connectivity index (χ0n) is 10.0. The highest BCUT2D eigenvalue weighted by Crippen LogP contribution is 2.22. The molecular weight excluding hydrogens is 210 g/mol. The van der Waals surface area contributed by atoms with E-state index in [0.29, 0.717) is 6.04 Å². The number of nitrogens with zero attached hydrogens (tertiary/aromatic N) is 1. The normalized spacial score (nSPS) is 18.8. The lowest BCUT2D eigenvalue weighted by Gasteiger charge is -2.25. The van der Waals surface area contributed by atoms with Crippen LogP contribution in [0.2, 0.25) is 0 Å². The van der Waals surface area contributed by atoms with Crippen LogP contribution in [0, 0.1) is 6.92 Å². The molecule has 2 aromatic rings. The Morgan fingerprint density at radius 2 is 2.12 bits per heavy atom. The topological polar surface area (TPSA) is 40.7 Å². The van der Waals surface area contributed by atoms with E-state index >= 15 is 0 Å². The first-order valence-corrected chi connectivity index (χ1v) is 6.16. The Morgan fingerprint density at radius 1 is 1.29 bits per heavy atom. The Bertz CT molecular complexity index is 516. The standard InChI is InChI=1S/C14H17N3/c1-10-9-15-14(16-10)17-13-7-6-11-4-2-3-5-12(11)8-13/h2-5,9,13H,6-8H2,1H3,(H2,15,16,17). The van der Waals surface area contributed by atoms with Crippen molar-refractivity contribution < 1.29 is 0 Å². The quantitative estimate of drug-likeness (QED) is 0.828. The number of hydrogen-bond acceptors (Lipinski definition) is 2. The molecule has 0 aliphatic heterocycles. The highest BCUT2D eigenvalue weighted by atomic mass is 15.1. The zero-order chi connectivity index (χ0) is 11.7. The zero-order valence-corrected chi connectivity index (χ0v) is 10.0. The predicted molar refractivity (Wildman–Crippen MR) is 69.2 cm³/mol. The van der Waals surface area contributed by atoms with Gasteiger partial charge in [-0.25, -0.2) is 4.98 Å². The summed E-state index contributed by atoms with van der Waals surface area (Å²) in [6.07, 6.45) is 5.29. The molecule has 2 N–H and O–H groups in total. The molecule has 1 atom stereocenters. The molecule has 3 nitrogen and oxygen atoms in total. The second kappa shape index (κ2) is 4.24. The second-order valence-corrected chi connectivity index (χ2v) is 4.77. The number of nitrogens with one attached hydrogen (secondary N) is 2. The van der Waals surface area contributed by atoms with Crippen LogP contribution in [0.4, 0.5) is 5.95 Å². The number of benzene rings is 1. The number of aromatic nitrogens is 2. The molecule has 1 aliphatic carbocycles. The van der Waals surface area contributed by atoms with E-state index in [1.165, 1.54) is 17.5 Å². The Kier molecular flexibility index (Phi) is 2.59. The number of rotatable bonds is 2. The summed E-state index contributed by atoms with van der Waals surface area (Å²) in [6, 6.07) is 9.22. The van der Waals surface area contributed by atoms with Crippen LogP contribution in [0.3, 0.4) is 0 Å². The van der Waals surface area contributed by atoms with E-state index in [4.69, 9.17) is 0 Å². The fourth-order valence-electron chi connectivity index (χ4n) is 2.50. The first-order valence-electron chi connectivity index (χ1n) is 6.16. The summed E-state index contributed by atoms with van der Waals surface area (Å²) in [5.41, 5.74) is 4.07. The Balaban J connectivity index is 1.72. The highest BCUT2D eigenvalue weighted by Gasteiger charge is 2.18. The third kappa shape index (κ3) is 2.18. The fraction of sp³-hybridized carbons (Fsp3) is 0.357. The smallest absolute Gasteiger partial charge is 0.200 e. The third-order valence-electron chi connectivity index (χ3n) is 3.39. The Hall–Kier alpha value is -1.77. The first kappa shape index (κ1) is 10.4. The van der Waals surface area contributed by atoms with Gasteiger partial charge in [0.15, 0.2) is 0 Å². The Morgan fingerprint density at radius 3 is 2.88 bits per heavy atom. The van der Waals surface area contributed by atoms with Gasteiger partial charge in [0.25, 0.3) is 0 Å². The van der Waals surface area contributed by atoms with E-state index in [1.807, 2.05) is 13.1 Å². The Labute approximate surface area is 101 Å². The maximum atomic E-state index is 4.30. The lowest BCUT2D eigenvalue weighted by molar-refractivity contribution is 0.607. The van der Waals surface area contributed by atoms with Gasteiger partial charge in [-0.3, -0.25) is 0 Å². The fourth-order valence-corrected chi connectivity index (χ4v) is 2.50. The van der Waals surface area contributed by atoms with Crippen molar-refractivity contribution in [2.24, 2.45) is 0 Å². The number of hydrogen-bond donors (Lipinski definition) is 2. The van der Waals surface area contributed by atoms with Crippen LogP contribution >= 0.6 is 0 Å². The van der Waals surface area contributed by atoms with Crippen molar-refractivity contribution in [2.75, 3.05) is 5.32 Å². The van der Waals surface area contributed by atoms with Gasteiger partial charge in [0.1, 0.15) is 0 Å². The maximum Gasteiger partial charge on any atom is 0.200 e. The average molecular weight is 227 g/mol. The summed E-state index contributed by atoms with van der Waals surface area (Å²) < 4.78 is 0. The van der Waals surface area contributed by atoms with Crippen LogP contribution in [0.25, 0.3) is 0 Å². The SMILES string of the molecule is Cc1cnc(NC2CCc3ccccc3C2)[nH]1.